The second kappa shape index (κ2) is 7.07. The van der Waals surface area contributed by atoms with Gasteiger partial charge in [-0.15, -0.1) is 11.8 Å². The summed E-state index contributed by atoms with van der Waals surface area (Å²) < 4.78 is 10.9. The Morgan fingerprint density at radius 2 is 1.90 bits per heavy atom. The Kier molecular flexibility index (Phi) is 5.39. The van der Waals surface area contributed by atoms with Crippen molar-refractivity contribution in [1.82, 2.24) is 0 Å². The molecule has 4 nitrogen and oxygen atoms in total. The van der Waals surface area contributed by atoms with Crippen LogP contribution >= 0.6 is 11.8 Å². The van der Waals surface area contributed by atoms with Crippen molar-refractivity contribution in [3.05, 3.63) is 23.3 Å². The van der Waals surface area contributed by atoms with Gasteiger partial charge in [0.25, 0.3) is 0 Å². The van der Waals surface area contributed by atoms with E-state index in [-0.39, 0.29) is 17.3 Å². The van der Waals surface area contributed by atoms with Crippen molar-refractivity contribution in [2.75, 3.05) is 6.79 Å². The van der Waals surface area contributed by atoms with E-state index in [1.54, 1.807) is 0 Å². The summed E-state index contributed by atoms with van der Waals surface area (Å²) in [7, 11) is 0. The number of rotatable bonds is 7. The number of aliphatic carboxylic acids is 1. The summed E-state index contributed by atoms with van der Waals surface area (Å²) in [4.78, 5) is 11.3. The molecular formula is C16H22O4S. The smallest absolute Gasteiger partial charge is 0.316 e. The SMILES string of the molecule is CCc1cc2c(cc1C(CC)SC(CC)C(=O)O)OCO2. The highest BCUT2D eigenvalue weighted by Gasteiger charge is 2.25. The molecule has 0 bridgehead atoms. The number of carbonyl (C=O) groups is 1. The normalized spacial score (nSPS) is 15.8. The van der Waals surface area contributed by atoms with Gasteiger partial charge in [0.1, 0.15) is 5.25 Å². The Labute approximate surface area is 129 Å². The number of benzene rings is 1. The zero-order valence-corrected chi connectivity index (χ0v) is 13.5. The van der Waals surface area contributed by atoms with Gasteiger partial charge in [0.15, 0.2) is 11.5 Å². The lowest BCUT2D eigenvalue weighted by Crippen LogP contribution is -2.17. The number of thioether (sulfide) groups is 1. The van der Waals surface area contributed by atoms with Crippen molar-refractivity contribution in [3.8, 4) is 11.5 Å². The Bertz CT molecular complexity index is 515. The molecule has 0 saturated heterocycles. The lowest BCUT2D eigenvalue weighted by molar-refractivity contribution is -0.136. The first-order chi connectivity index (χ1) is 10.1. The van der Waals surface area contributed by atoms with Crippen LogP contribution < -0.4 is 9.47 Å². The molecule has 0 aromatic heterocycles. The summed E-state index contributed by atoms with van der Waals surface area (Å²) in [5, 5.41) is 9.07. The Morgan fingerprint density at radius 1 is 1.24 bits per heavy atom. The Balaban J connectivity index is 2.30. The summed E-state index contributed by atoms with van der Waals surface area (Å²) in [6.07, 6.45) is 2.41. The van der Waals surface area contributed by atoms with Crippen LogP contribution in [0.1, 0.15) is 50.0 Å². The van der Waals surface area contributed by atoms with Gasteiger partial charge in [0.05, 0.1) is 0 Å². The fourth-order valence-electron chi connectivity index (χ4n) is 2.52. The molecule has 116 valence electrons. The van der Waals surface area contributed by atoms with Crippen LogP contribution in [0.5, 0.6) is 11.5 Å². The lowest BCUT2D eigenvalue weighted by atomic mass is 10.00. The van der Waals surface area contributed by atoms with Crippen molar-refractivity contribution in [1.29, 1.82) is 0 Å². The molecule has 5 heteroatoms. The molecule has 1 aromatic rings. The molecule has 0 spiro atoms. The van der Waals surface area contributed by atoms with Crippen LogP contribution in [0.25, 0.3) is 0 Å². The maximum Gasteiger partial charge on any atom is 0.316 e. The minimum absolute atomic E-state index is 0.163. The molecule has 1 aromatic carbocycles. The molecule has 1 aliphatic heterocycles. The molecular weight excluding hydrogens is 288 g/mol. The van der Waals surface area contributed by atoms with Gasteiger partial charge in [0.2, 0.25) is 6.79 Å². The van der Waals surface area contributed by atoms with Crippen LogP contribution in [0.2, 0.25) is 0 Å². The lowest BCUT2D eigenvalue weighted by Gasteiger charge is -2.22. The number of fused-ring (bicyclic) bond motifs is 1. The van der Waals surface area contributed by atoms with Gasteiger partial charge < -0.3 is 14.6 Å². The van der Waals surface area contributed by atoms with Gasteiger partial charge in [-0.25, -0.2) is 0 Å². The first-order valence-corrected chi connectivity index (χ1v) is 8.35. The number of carboxylic acids is 1. The summed E-state index contributed by atoms with van der Waals surface area (Å²) >= 11 is 1.53. The molecule has 2 unspecified atom stereocenters. The third-order valence-corrected chi connectivity index (χ3v) is 5.49. The highest BCUT2D eigenvalue weighted by atomic mass is 32.2. The third kappa shape index (κ3) is 3.46. The average molecular weight is 310 g/mol. The molecule has 0 saturated carbocycles. The van der Waals surface area contributed by atoms with Crippen molar-refractivity contribution in [2.24, 2.45) is 0 Å². The second-order valence-electron chi connectivity index (χ2n) is 5.03. The average Bonchev–Trinajstić information content (AvgIpc) is 2.94. The monoisotopic (exact) mass is 310 g/mol. The number of ether oxygens (including phenoxy) is 2. The minimum Gasteiger partial charge on any atom is -0.480 e. The van der Waals surface area contributed by atoms with E-state index in [9.17, 15) is 9.90 Å². The molecule has 0 aliphatic carbocycles. The van der Waals surface area contributed by atoms with E-state index >= 15 is 0 Å². The van der Waals surface area contributed by atoms with E-state index in [2.05, 4.69) is 13.8 Å². The van der Waals surface area contributed by atoms with E-state index < -0.39 is 5.97 Å². The molecule has 0 amide bonds. The van der Waals surface area contributed by atoms with Crippen LogP contribution in [0.15, 0.2) is 12.1 Å². The largest absolute Gasteiger partial charge is 0.480 e. The maximum absolute atomic E-state index is 11.3. The highest BCUT2D eigenvalue weighted by molar-refractivity contribution is 8.00. The van der Waals surface area contributed by atoms with Gasteiger partial charge in [-0.2, -0.15) is 0 Å². The number of hydrogen-bond donors (Lipinski definition) is 1. The standard InChI is InChI=1S/C16H22O4S/c1-4-10-7-12-13(20-9-19-12)8-11(10)14(5-2)21-15(6-3)16(17)18/h7-8,14-15H,4-6,9H2,1-3H3,(H,17,18). The molecule has 21 heavy (non-hydrogen) atoms. The van der Waals surface area contributed by atoms with Crippen molar-refractivity contribution in [2.45, 2.75) is 50.5 Å². The van der Waals surface area contributed by atoms with Crippen molar-refractivity contribution >= 4 is 17.7 Å². The predicted molar refractivity (Wildman–Crippen MR) is 84.3 cm³/mol. The fourth-order valence-corrected chi connectivity index (χ4v) is 3.79. The molecule has 0 radical (unpaired) electrons. The fraction of sp³-hybridized carbons (Fsp3) is 0.562. The Hall–Kier alpha value is -1.36. The van der Waals surface area contributed by atoms with Gasteiger partial charge in [-0.05, 0) is 42.5 Å². The van der Waals surface area contributed by atoms with E-state index in [1.165, 1.54) is 22.9 Å². The van der Waals surface area contributed by atoms with Crippen LogP contribution in [-0.4, -0.2) is 23.1 Å². The third-order valence-electron chi connectivity index (χ3n) is 3.71. The summed E-state index contributed by atoms with van der Waals surface area (Å²) in [6.45, 7) is 6.38. The Morgan fingerprint density at radius 3 is 2.43 bits per heavy atom. The van der Waals surface area contributed by atoms with Crippen molar-refractivity contribution in [3.63, 3.8) is 0 Å². The van der Waals surface area contributed by atoms with Gasteiger partial charge in [-0.3, -0.25) is 4.79 Å². The van der Waals surface area contributed by atoms with Gasteiger partial charge in [0, 0.05) is 5.25 Å². The predicted octanol–water partition coefficient (Wildman–Crippen LogP) is 4.03. The van der Waals surface area contributed by atoms with Crippen LogP contribution in [0, 0.1) is 0 Å². The first kappa shape index (κ1) is 16.0. The summed E-state index contributed by atoms with van der Waals surface area (Å²) in [6, 6.07) is 4.06. The minimum atomic E-state index is -0.736. The maximum atomic E-state index is 11.3. The first-order valence-electron chi connectivity index (χ1n) is 7.41. The van der Waals surface area contributed by atoms with E-state index in [0.29, 0.717) is 6.42 Å². The molecule has 2 rings (SSSR count). The quantitative estimate of drug-likeness (QED) is 0.824. The van der Waals surface area contributed by atoms with E-state index in [4.69, 9.17) is 9.47 Å². The molecule has 1 aliphatic rings. The van der Waals surface area contributed by atoms with Crippen molar-refractivity contribution < 1.29 is 19.4 Å². The number of carboxylic acid groups (broad SMARTS) is 1. The molecule has 2 atom stereocenters. The zero-order chi connectivity index (χ0) is 15.4. The molecule has 1 N–H and O–H groups in total. The van der Waals surface area contributed by atoms with E-state index in [0.717, 1.165) is 24.3 Å². The molecule has 0 fully saturated rings. The second-order valence-corrected chi connectivity index (χ2v) is 6.44. The summed E-state index contributed by atoms with van der Waals surface area (Å²) in [5.41, 5.74) is 2.38. The van der Waals surface area contributed by atoms with E-state index in [1.807, 2.05) is 19.1 Å². The summed E-state index contributed by atoms with van der Waals surface area (Å²) in [5.74, 6) is 0.824. The number of aryl methyl sites for hydroxylation is 1. The van der Waals surface area contributed by atoms with Crippen LogP contribution in [0.4, 0.5) is 0 Å². The zero-order valence-electron chi connectivity index (χ0n) is 12.7. The van der Waals surface area contributed by atoms with Crippen LogP contribution in [-0.2, 0) is 11.2 Å². The highest BCUT2D eigenvalue weighted by Crippen LogP contribution is 2.43. The van der Waals surface area contributed by atoms with Gasteiger partial charge in [-0.1, -0.05) is 20.8 Å². The van der Waals surface area contributed by atoms with Gasteiger partial charge >= 0.3 is 5.97 Å². The van der Waals surface area contributed by atoms with Crippen LogP contribution in [0.3, 0.4) is 0 Å². The number of hydrogen-bond acceptors (Lipinski definition) is 4. The molecule has 1 heterocycles. The topological polar surface area (TPSA) is 55.8 Å².